The van der Waals surface area contributed by atoms with E-state index < -0.39 is 0 Å². The van der Waals surface area contributed by atoms with E-state index >= 15 is 0 Å². The molecule has 3 aromatic heterocycles. The molecule has 0 unspecified atom stereocenters. The predicted molar refractivity (Wildman–Crippen MR) is 195 cm³/mol. The molecule has 6 aromatic carbocycles. The van der Waals surface area contributed by atoms with Crippen LogP contribution in [0.3, 0.4) is 0 Å². The van der Waals surface area contributed by atoms with Crippen molar-refractivity contribution in [1.82, 2.24) is 19.9 Å². The Bertz CT molecular complexity index is 2540. The van der Waals surface area contributed by atoms with Crippen molar-refractivity contribution in [2.24, 2.45) is 0 Å². The molecule has 0 saturated carbocycles. The van der Waals surface area contributed by atoms with E-state index in [1.807, 2.05) is 48.7 Å². The first-order valence-corrected chi connectivity index (χ1v) is 16.4. The van der Waals surface area contributed by atoms with E-state index in [9.17, 15) is 0 Å². The fraction of sp³-hybridized carbons (Fsp3) is 0. The fourth-order valence-electron chi connectivity index (χ4n) is 6.17. The molecule has 0 N–H and O–H groups in total. The van der Waals surface area contributed by atoms with Gasteiger partial charge in [0.25, 0.3) is 0 Å². The highest BCUT2D eigenvalue weighted by atomic mass is 32.1. The van der Waals surface area contributed by atoms with Gasteiger partial charge in [-0.2, -0.15) is 0 Å². The van der Waals surface area contributed by atoms with Gasteiger partial charge < -0.3 is 0 Å². The Kier molecular flexibility index (Phi) is 6.61. The van der Waals surface area contributed by atoms with Gasteiger partial charge in [0.05, 0.1) is 10.2 Å². The second kappa shape index (κ2) is 11.4. The molecule has 4 nitrogen and oxygen atoms in total. The van der Waals surface area contributed by atoms with Crippen molar-refractivity contribution in [3.05, 3.63) is 158 Å². The Hall–Kier alpha value is -6.04. The van der Waals surface area contributed by atoms with Crippen LogP contribution in [0.2, 0.25) is 0 Å². The summed E-state index contributed by atoms with van der Waals surface area (Å²) in [5.74, 6) is 1.94. The molecule has 0 radical (unpaired) electrons. The Morgan fingerprint density at radius 2 is 0.872 bits per heavy atom. The number of aromatic nitrogens is 4. The third-order valence-electron chi connectivity index (χ3n) is 8.60. The van der Waals surface area contributed by atoms with Crippen molar-refractivity contribution in [2.45, 2.75) is 0 Å². The number of hydrogen-bond acceptors (Lipinski definition) is 5. The number of benzene rings is 6. The Balaban J connectivity index is 1.10. The molecule has 0 aliphatic heterocycles. The molecular weight excluding hydrogens is 593 g/mol. The standard InChI is InChI=1S/C42H26N4S/c1-3-8-27(9-4-1)28-13-15-29(16-14-28)30-17-19-32(20-18-30)41-44-40(31-10-5-2-6-11-31)45-42(46-41)34-22-23-35-33(26-34)21-24-36-38-37(47-39(35)36)12-7-25-43-38/h1-26H. The summed E-state index contributed by atoms with van der Waals surface area (Å²) in [5.41, 5.74) is 8.63. The lowest BCUT2D eigenvalue weighted by Crippen LogP contribution is -2.00. The molecule has 220 valence electrons. The van der Waals surface area contributed by atoms with Crippen molar-refractivity contribution in [2.75, 3.05) is 0 Å². The van der Waals surface area contributed by atoms with Crippen LogP contribution in [-0.2, 0) is 0 Å². The highest BCUT2D eigenvalue weighted by Gasteiger charge is 2.15. The summed E-state index contributed by atoms with van der Waals surface area (Å²) in [6, 6.07) is 52.7. The molecule has 0 aliphatic carbocycles. The molecule has 0 spiro atoms. The van der Waals surface area contributed by atoms with Crippen LogP contribution in [-0.4, -0.2) is 19.9 Å². The Morgan fingerprint density at radius 3 is 1.51 bits per heavy atom. The summed E-state index contributed by atoms with van der Waals surface area (Å²) in [4.78, 5) is 19.6. The monoisotopic (exact) mass is 618 g/mol. The van der Waals surface area contributed by atoms with Crippen LogP contribution in [0.15, 0.2) is 158 Å². The zero-order chi connectivity index (χ0) is 31.2. The van der Waals surface area contributed by atoms with Gasteiger partial charge in [0.15, 0.2) is 17.5 Å². The van der Waals surface area contributed by atoms with Crippen LogP contribution < -0.4 is 0 Å². The van der Waals surface area contributed by atoms with Gasteiger partial charge in [0, 0.05) is 33.0 Å². The molecule has 9 rings (SSSR count). The number of pyridine rings is 1. The number of thiophene rings is 1. The van der Waals surface area contributed by atoms with Gasteiger partial charge in [-0.1, -0.05) is 133 Å². The molecule has 0 saturated heterocycles. The summed E-state index contributed by atoms with van der Waals surface area (Å²) >= 11 is 1.79. The molecular formula is C42H26N4S. The first-order valence-electron chi connectivity index (χ1n) is 15.5. The van der Waals surface area contributed by atoms with Gasteiger partial charge in [-0.15, -0.1) is 11.3 Å². The molecule has 0 fully saturated rings. The molecule has 0 bridgehead atoms. The van der Waals surface area contributed by atoms with E-state index in [-0.39, 0.29) is 0 Å². The van der Waals surface area contributed by atoms with Gasteiger partial charge in [0.1, 0.15) is 0 Å². The third-order valence-corrected chi connectivity index (χ3v) is 9.80. The van der Waals surface area contributed by atoms with E-state index in [1.165, 1.54) is 31.3 Å². The highest BCUT2D eigenvalue weighted by Crippen LogP contribution is 2.38. The molecule has 5 heteroatoms. The van der Waals surface area contributed by atoms with Gasteiger partial charge in [-0.3, -0.25) is 4.98 Å². The number of hydrogen-bond donors (Lipinski definition) is 0. The van der Waals surface area contributed by atoms with Crippen LogP contribution in [0, 0.1) is 0 Å². The summed E-state index contributed by atoms with van der Waals surface area (Å²) < 4.78 is 2.45. The summed E-state index contributed by atoms with van der Waals surface area (Å²) in [6.45, 7) is 0. The van der Waals surface area contributed by atoms with Crippen LogP contribution in [0.1, 0.15) is 0 Å². The van der Waals surface area contributed by atoms with E-state index in [0.717, 1.165) is 38.7 Å². The minimum absolute atomic E-state index is 0.644. The molecule has 47 heavy (non-hydrogen) atoms. The molecule has 0 aliphatic rings. The maximum absolute atomic E-state index is 5.02. The van der Waals surface area contributed by atoms with E-state index in [1.54, 1.807) is 11.3 Å². The number of fused-ring (bicyclic) bond motifs is 5. The van der Waals surface area contributed by atoms with Crippen molar-refractivity contribution in [1.29, 1.82) is 0 Å². The number of nitrogens with zero attached hydrogens (tertiary/aromatic N) is 4. The van der Waals surface area contributed by atoms with E-state index in [0.29, 0.717) is 17.5 Å². The summed E-state index contributed by atoms with van der Waals surface area (Å²) in [6.07, 6.45) is 1.86. The second-order valence-electron chi connectivity index (χ2n) is 11.5. The van der Waals surface area contributed by atoms with E-state index in [4.69, 9.17) is 15.0 Å². The fourth-order valence-corrected chi connectivity index (χ4v) is 7.37. The van der Waals surface area contributed by atoms with Crippen molar-refractivity contribution in [3.8, 4) is 56.4 Å². The molecule has 0 amide bonds. The average molecular weight is 619 g/mol. The van der Waals surface area contributed by atoms with Crippen molar-refractivity contribution < 1.29 is 0 Å². The van der Waals surface area contributed by atoms with E-state index in [2.05, 4.69) is 114 Å². The zero-order valence-electron chi connectivity index (χ0n) is 25.2. The molecule has 0 atom stereocenters. The zero-order valence-corrected chi connectivity index (χ0v) is 26.0. The first-order chi connectivity index (χ1) is 23.3. The first kappa shape index (κ1) is 27.3. The quantitative estimate of drug-likeness (QED) is 0.193. The average Bonchev–Trinajstić information content (AvgIpc) is 3.55. The lowest BCUT2D eigenvalue weighted by Gasteiger charge is -2.10. The minimum Gasteiger partial charge on any atom is -0.255 e. The molecule has 3 heterocycles. The minimum atomic E-state index is 0.644. The SMILES string of the molecule is c1ccc(-c2ccc(-c3ccc(-c4nc(-c5ccccc5)nc(-c5ccc6c(ccc7c8ncccc8sc67)c5)n4)cc3)cc2)cc1. The van der Waals surface area contributed by atoms with Crippen LogP contribution in [0.25, 0.3) is 87.5 Å². The van der Waals surface area contributed by atoms with Crippen LogP contribution in [0.4, 0.5) is 0 Å². The highest BCUT2D eigenvalue weighted by molar-refractivity contribution is 7.26. The normalized spacial score (nSPS) is 11.4. The van der Waals surface area contributed by atoms with Gasteiger partial charge >= 0.3 is 0 Å². The topological polar surface area (TPSA) is 51.6 Å². The van der Waals surface area contributed by atoms with Crippen LogP contribution >= 0.6 is 11.3 Å². The van der Waals surface area contributed by atoms with Gasteiger partial charge in [-0.05, 0) is 51.2 Å². The third kappa shape index (κ3) is 5.03. The summed E-state index contributed by atoms with van der Waals surface area (Å²) in [7, 11) is 0. The van der Waals surface area contributed by atoms with Gasteiger partial charge in [0.2, 0.25) is 0 Å². The molecule has 9 aromatic rings. The Morgan fingerprint density at radius 1 is 0.383 bits per heavy atom. The largest absolute Gasteiger partial charge is 0.255 e. The smallest absolute Gasteiger partial charge is 0.164 e. The second-order valence-corrected chi connectivity index (χ2v) is 12.6. The van der Waals surface area contributed by atoms with Crippen LogP contribution in [0.5, 0.6) is 0 Å². The predicted octanol–water partition coefficient (Wildman–Crippen LogP) is 11.1. The lowest BCUT2D eigenvalue weighted by molar-refractivity contribution is 1.07. The number of rotatable bonds is 5. The summed E-state index contributed by atoms with van der Waals surface area (Å²) in [5, 5.41) is 3.54. The maximum Gasteiger partial charge on any atom is 0.164 e. The van der Waals surface area contributed by atoms with Crippen molar-refractivity contribution >= 4 is 42.4 Å². The Labute approximate surface area is 275 Å². The lowest BCUT2D eigenvalue weighted by atomic mass is 9.99. The van der Waals surface area contributed by atoms with Crippen molar-refractivity contribution in [3.63, 3.8) is 0 Å². The van der Waals surface area contributed by atoms with Gasteiger partial charge in [-0.25, -0.2) is 15.0 Å². The maximum atomic E-state index is 5.02.